The third-order valence-electron chi connectivity index (χ3n) is 9.23. The number of hydrogen-bond acceptors (Lipinski definition) is 7. The molecule has 4 N–H and O–H groups in total. The standard InChI is InChI=1S/C34H42N2O6/c1-22(16-24-8-5-9-27(39)17-24)10-11-30(40)31-25(20-37)18-28-32(29(31)21-38)34(42)36(33(28)41)26-12-14-35(15-13-26)19-23-6-3-2-4-7-23/h2-9,16-17,26,28-30,32,37-40H,10-15,18-21H2,1H3/b22-16+/t28-,29+,30-,32-/m1/s1. The number of aromatic hydroxyl groups is 1. The fourth-order valence-corrected chi connectivity index (χ4v) is 7.16. The van der Waals surface area contributed by atoms with E-state index in [4.69, 9.17) is 0 Å². The molecule has 42 heavy (non-hydrogen) atoms. The third-order valence-corrected chi connectivity index (χ3v) is 9.23. The van der Waals surface area contributed by atoms with Crippen LogP contribution in [0, 0.1) is 17.8 Å². The zero-order valence-electron chi connectivity index (χ0n) is 24.2. The molecule has 2 fully saturated rings. The minimum Gasteiger partial charge on any atom is -0.508 e. The van der Waals surface area contributed by atoms with E-state index in [2.05, 4.69) is 17.0 Å². The van der Waals surface area contributed by atoms with Gasteiger partial charge in [-0.1, -0.05) is 54.1 Å². The van der Waals surface area contributed by atoms with Crippen LogP contribution in [-0.2, 0) is 16.1 Å². The van der Waals surface area contributed by atoms with Gasteiger partial charge in [0.2, 0.25) is 11.8 Å². The van der Waals surface area contributed by atoms with Gasteiger partial charge >= 0.3 is 0 Å². The Hall–Kier alpha value is -3.30. The van der Waals surface area contributed by atoms with Crippen molar-refractivity contribution in [2.45, 2.75) is 57.7 Å². The smallest absolute Gasteiger partial charge is 0.234 e. The molecule has 2 aliphatic heterocycles. The van der Waals surface area contributed by atoms with Gasteiger partial charge in [0, 0.05) is 31.6 Å². The number of fused-ring (bicyclic) bond motifs is 1. The van der Waals surface area contributed by atoms with Crippen LogP contribution >= 0.6 is 0 Å². The van der Waals surface area contributed by atoms with Crippen LogP contribution in [0.1, 0.15) is 50.2 Å². The summed E-state index contributed by atoms with van der Waals surface area (Å²) in [5.41, 5.74) is 4.15. The topological polar surface area (TPSA) is 122 Å². The molecule has 2 aromatic carbocycles. The molecule has 2 heterocycles. The lowest BCUT2D eigenvalue weighted by molar-refractivity contribution is -0.144. The Kier molecular flexibility index (Phi) is 9.58. The Labute approximate surface area is 247 Å². The first-order valence-electron chi connectivity index (χ1n) is 15.0. The molecule has 0 aromatic heterocycles. The zero-order valence-corrected chi connectivity index (χ0v) is 24.2. The summed E-state index contributed by atoms with van der Waals surface area (Å²) in [6.45, 7) is 3.65. The van der Waals surface area contributed by atoms with E-state index in [9.17, 15) is 30.0 Å². The first-order chi connectivity index (χ1) is 20.3. The van der Waals surface area contributed by atoms with Crippen molar-refractivity contribution in [3.63, 3.8) is 0 Å². The molecule has 8 heteroatoms. The molecule has 0 unspecified atom stereocenters. The number of hydrogen-bond donors (Lipinski definition) is 4. The van der Waals surface area contributed by atoms with Crippen LogP contribution in [0.3, 0.4) is 0 Å². The van der Waals surface area contributed by atoms with Gasteiger partial charge in [0.1, 0.15) is 5.75 Å². The van der Waals surface area contributed by atoms with Crippen LogP contribution in [0.5, 0.6) is 5.75 Å². The number of aliphatic hydroxyl groups excluding tert-OH is 3. The van der Waals surface area contributed by atoms with Gasteiger partial charge in [-0.15, -0.1) is 0 Å². The zero-order chi connectivity index (χ0) is 29.8. The fourth-order valence-electron chi connectivity index (χ4n) is 7.16. The molecule has 224 valence electrons. The second-order valence-corrected chi connectivity index (χ2v) is 12.0. The molecule has 3 aliphatic rings. The lowest BCUT2D eigenvalue weighted by atomic mass is 9.68. The monoisotopic (exact) mass is 574 g/mol. The van der Waals surface area contributed by atoms with Gasteiger partial charge in [-0.2, -0.15) is 0 Å². The molecular formula is C34H42N2O6. The van der Waals surface area contributed by atoms with Gasteiger partial charge in [0.15, 0.2) is 0 Å². The number of likely N-dealkylation sites (tertiary alicyclic amines) is 2. The Balaban J connectivity index is 1.26. The maximum atomic E-state index is 13.8. The van der Waals surface area contributed by atoms with Crippen molar-refractivity contribution in [3.05, 3.63) is 82.4 Å². The second-order valence-electron chi connectivity index (χ2n) is 12.0. The molecular weight excluding hydrogens is 532 g/mol. The Bertz CT molecular complexity index is 1330. The average Bonchev–Trinajstić information content (AvgIpc) is 3.24. The van der Waals surface area contributed by atoms with E-state index in [0.29, 0.717) is 36.8 Å². The maximum Gasteiger partial charge on any atom is 0.234 e. The number of phenols is 1. The van der Waals surface area contributed by atoms with E-state index >= 15 is 0 Å². The van der Waals surface area contributed by atoms with Crippen LogP contribution in [-0.4, -0.2) is 80.5 Å². The Morgan fingerprint density at radius 3 is 2.43 bits per heavy atom. The van der Waals surface area contributed by atoms with Gasteiger partial charge in [-0.05, 0) is 73.4 Å². The normalized spacial score (nSPS) is 24.8. The molecule has 5 rings (SSSR count). The number of allylic oxidation sites excluding steroid dienone is 1. The molecule has 0 bridgehead atoms. The van der Waals surface area contributed by atoms with Crippen LogP contribution < -0.4 is 0 Å². The summed E-state index contributed by atoms with van der Waals surface area (Å²) in [6, 6.07) is 17.0. The summed E-state index contributed by atoms with van der Waals surface area (Å²) in [4.78, 5) is 31.3. The average molecular weight is 575 g/mol. The highest BCUT2D eigenvalue weighted by Gasteiger charge is 2.56. The second kappa shape index (κ2) is 13.3. The minimum atomic E-state index is -0.962. The predicted molar refractivity (Wildman–Crippen MR) is 160 cm³/mol. The molecule has 0 spiro atoms. The molecule has 8 nitrogen and oxygen atoms in total. The lowest BCUT2D eigenvalue weighted by Crippen LogP contribution is -2.47. The number of imide groups is 1. The number of carbonyl (C=O) groups excluding carboxylic acids is 2. The van der Waals surface area contributed by atoms with Crippen LogP contribution in [0.4, 0.5) is 0 Å². The third kappa shape index (κ3) is 6.37. The highest BCUT2D eigenvalue weighted by molar-refractivity contribution is 6.06. The number of rotatable bonds is 10. The number of amides is 2. The molecule has 2 aromatic rings. The first-order valence-corrected chi connectivity index (χ1v) is 15.0. The quantitative estimate of drug-likeness (QED) is 0.253. The van der Waals surface area contributed by atoms with Crippen molar-refractivity contribution in [3.8, 4) is 5.75 Å². The van der Waals surface area contributed by atoms with Gasteiger partial charge in [0.05, 0.1) is 31.2 Å². The summed E-state index contributed by atoms with van der Waals surface area (Å²) < 4.78 is 0. The maximum absolute atomic E-state index is 13.8. The van der Waals surface area contributed by atoms with Crippen molar-refractivity contribution in [2.24, 2.45) is 17.8 Å². The highest BCUT2D eigenvalue weighted by atomic mass is 16.3. The van der Waals surface area contributed by atoms with Gasteiger partial charge < -0.3 is 20.4 Å². The summed E-state index contributed by atoms with van der Waals surface area (Å²) in [5.74, 6) is -2.35. The van der Waals surface area contributed by atoms with Crippen molar-refractivity contribution < 1.29 is 30.0 Å². The molecule has 0 saturated carbocycles. The Morgan fingerprint density at radius 1 is 1.02 bits per heavy atom. The summed E-state index contributed by atoms with van der Waals surface area (Å²) >= 11 is 0. The van der Waals surface area contributed by atoms with Gasteiger partial charge in [-0.3, -0.25) is 19.4 Å². The summed E-state index contributed by atoms with van der Waals surface area (Å²) in [5, 5.41) is 41.8. The van der Waals surface area contributed by atoms with Gasteiger partial charge in [-0.25, -0.2) is 0 Å². The predicted octanol–water partition coefficient (Wildman–Crippen LogP) is 3.50. The van der Waals surface area contributed by atoms with E-state index in [1.54, 1.807) is 18.2 Å². The highest BCUT2D eigenvalue weighted by Crippen LogP contribution is 2.47. The van der Waals surface area contributed by atoms with Crippen molar-refractivity contribution in [2.75, 3.05) is 26.3 Å². The minimum absolute atomic E-state index is 0.180. The number of aliphatic hydroxyl groups is 3. The van der Waals surface area contributed by atoms with E-state index in [0.717, 1.165) is 30.8 Å². The van der Waals surface area contributed by atoms with Crippen molar-refractivity contribution in [1.29, 1.82) is 0 Å². The van der Waals surface area contributed by atoms with E-state index in [1.807, 2.05) is 37.3 Å². The van der Waals surface area contributed by atoms with E-state index in [1.165, 1.54) is 10.5 Å². The summed E-state index contributed by atoms with van der Waals surface area (Å²) in [7, 11) is 0. The van der Waals surface area contributed by atoms with Crippen LogP contribution in [0.25, 0.3) is 6.08 Å². The number of nitrogens with zero attached hydrogens (tertiary/aromatic N) is 2. The molecule has 2 amide bonds. The van der Waals surface area contributed by atoms with E-state index in [-0.39, 0.29) is 43.2 Å². The molecule has 0 radical (unpaired) electrons. The number of phenolic OH excluding ortho intramolecular Hbond substituents is 1. The van der Waals surface area contributed by atoms with Crippen LogP contribution in [0.15, 0.2) is 71.3 Å². The lowest BCUT2D eigenvalue weighted by Gasteiger charge is -2.36. The fraction of sp³-hybridized carbons (Fsp3) is 0.471. The SMILES string of the molecule is C/C(=C\c1cccc(O)c1)CC[C@@H](O)C1=C(CO)C[C@H]2C(=O)N(C3CCN(Cc4ccccc4)CC3)C(=O)[C@H]2[C@H]1CO. The summed E-state index contributed by atoms with van der Waals surface area (Å²) in [6.07, 6.45) is 3.50. The molecule has 1 aliphatic carbocycles. The van der Waals surface area contributed by atoms with Crippen LogP contribution in [0.2, 0.25) is 0 Å². The number of benzene rings is 2. The largest absolute Gasteiger partial charge is 0.508 e. The van der Waals surface area contributed by atoms with E-state index < -0.39 is 23.9 Å². The van der Waals surface area contributed by atoms with Crippen molar-refractivity contribution >= 4 is 17.9 Å². The number of piperidine rings is 1. The Morgan fingerprint density at radius 2 is 1.76 bits per heavy atom. The number of carbonyl (C=O) groups is 2. The van der Waals surface area contributed by atoms with Crippen molar-refractivity contribution in [1.82, 2.24) is 9.80 Å². The molecule has 4 atom stereocenters. The van der Waals surface area contributed by atoms with Gasteiger partial charge in [0.25, 0.3) is 0 Å². The molecule has 2 saturated heterocycles. The first kappa shape index (κ1) is 30.2.